The van der Waals surface area contributed by atoms with Crippen LogP contribution in [0.15, 0.2) is 18.2 Å². The van der Waals surface area contributed by atoms with Crippen molar-refractivity contribution in [1.82, 2.24) is 0 Å². The second kappa shape index (κ2) is 10.4. The summed E-state index contributed by atoms with van der Waals surface area (Å²) in [6.07, 6.45) is 7.52. The van der Waals surface area contributed by atoms with Crippen LogP contribution in [0.1, 0.15) is 81.8 Å². The van der Waals surface area contributed by atoms with Gasteiger partial charge in [0.05, 0.1) is 10.5 Å². The van der Waals surface area contributed by atoms with Gasteiger partial charge < -0.3 is 4.43 Å². The predicted molar refractivity (Wildman–Crippen MR) is 114 cm³/mol. The first-order valence-corrected chi connectivity index (χ1v) is 13.2. The molecule has 0 aromatic carbocycles. The highest BCUT2D eigenvalue weighted by Gasteiger charge is 2.38. The van der Waals surface area contributed by atoms with Gasteiger partial charge in [-0.2, -0.15) is 0 Å². The molecule has 1 heterocycles. The van der Waals surface area contributed by atoms with Crippen molar-refractivity contribution in [3.05, 3.63) is 28.0 Å². The summed E-state index contributed by atoms with van der Waals surface area (Å²) in [6, 6.07) is 7.58. The number of carbonyl (C=O) groups excluding carboxylic acids is 1. The van der Waals surface area contributed by atoms with Gasteiger partial charge in [-0.15, -0.1) is 11.3 Å². The quantitative estimate of drug-likeness (QED) is 0.280. The maximum atomic E-state index is 10.9. The van der Waals surface area contributed by atoms with Crippen LogP contribution in [0.5, 0.6) is 0 Å². The van der Waals surface area contributed by atoms with Crippen LogP contribution in [0, 0.1) is 0 Å². The van der Waals surface area contributed by atoms with Gasteiger partial charge in [-0.25, -0.2) is 0 Å². The molecule has 0 atom stereocenters. The second-order valence-electron chi connectivity index (χ2n) is 6.98. The van der Waals surface area contributed by atoms with E-state index in [0.717, 1.165) is 36.8 Å². The van der Waals surface area contributed by atoms with Crippen molar-refractivity contribution in [2.75, 3.05) is 0 Å². The summed E-state index contributed by atoms with van der Waals surface area (Å²) in [5, 5.41) is 0. The minimum Gasteiger partial charge on any atom is -0.411 e. The highest BCUT2D eigenvalue weighted by Crippen LogP contribution is 2.35. The smallest absolute Gasteiger partial charge is 0.192 e. The van der Waals surface area contributed by atoms with E-state index in [1.165, 1.54) is 28.6 Å². The summed E-state index contributed by atoms with van der Waals surface area (Å²) < 4.78 is 6.95. The van der Waals surface area contributed by atoms with Crippen LogP contribution in [-0.2, 0) is 4.43 Å². The van der Waals surface area contributed by atoms with E-state index in [9.17, 15) is 4.79 Å². The fraction of sp³-hybridized carbons (Fsp3) is 0.667. The molecule has 1 rings (SSSR count). The summed E-state index contributed by atoms with van der Waals surface area (Å²) in [5.74, 6) is 0. The van der Waals surface area contributed by atoms with Crippen LogP contribution in [0.4, 0.5) is 0 Å². The Balaban J connectivity index is 2.83. The minimum atomic E-state index is -1.59. The molecule has 142 valence electrons. The number of thiophene rings is 1. The Hall–Kier alpha value is -0.713. The number of hydrogen-bond donors (Lipinski definition) is 0. The molecule has 0 saturated carbocycles. The van der Waals surface area contributed by atoms with Crippen LogP contribution < -0.4 is 0 Å². The van der Waals surface area contributed by atoms with Gasteiger partial charge >= 0.3 is 0 Å². The molecule has 0 aliphatic carbocycles. The van der Waals surface area contributed by atoms with Crippen molar-refractivity contribution in [1.29, 1.82) is 0 Å². The number of hydrogen-bond acceptors (Lipinski definition) is 3. The van der Waals surface area contributed by atoms with Crippen molar-refractivity contribution in [2.24, 2.45) is 0 Å². The SMILES string of the molecule is CCC(CC)(CC/C=C(\C)c1ccc(C=O)s1)O[Si](CC)(CC)CC. The average molecular weight is 381 g/mol. The van der Waals surface area contributed by atoms with Gasteiger partial charge in [0.2, 0.25) is 0 Å². The van der Waals surface area contributed by atoms with E-state index >= 15 is 0 Å². The lowest BCUT2D eigenvalue weighted by atomic mass is 9.91. The Morgan fingerprint density at radius 3 is 2.16 bits per heavy atom. The van der Waals surface area contributed by atoms with Crippen molar-refractivity contribution >= 4 is 31.5 Å². The first kappa shape index (κ1) is 22.3. The lowest BCUT2D eigenvalue weighted by molar-refractivity contribution is 0.0397. The van der Waals surface area contributed by atoms with Crippen molar-refractivity contribution in [3.8, 4) is 0 Å². The van der Waals surface area contributed by atoms with E-state index in [-0.39, 0.29) is 5.60 Å². The molecule has 0 radical (unpaired) electrons. The van der Waals surface area contributed by atoms with E-state index in [0.29, 0.717) is 0 Å². The van der Waals surface area contributed by atoms with E-state index in [1.54, 1.807) is 11.3 Å². The maximum Gasteiger partial charge on any atom is 0.192 e. The monoisotopic (exact) mass is 380 g/mol. The lowest BCUT2D eigenvalue weighted by Gasteiger charge is -2.42. The Morgan fingerprint density at radius 2 is 1.72 bits per heavy atom. The summed E-state index contributed by atoms with van der Waals surface area (Å²) in [6.45, 7) is 13.6. The minimum absolute atomic E-state index is 0.0223. The fourth-order valence-corrected chi connectivity index (χ4v) is 7.57. The molecule has 0 aliphatic rings. The van der Waals surface area contributed by atoms with Gasteiger partial charge in [-0.1, -0.05) is 40.7 Å². The standard InChI is InChI=1S/C21H36O2SSi/c1-7-21(8-2,23-25(9-3,10-4)11-5)16-12-13-18(6)20-15-14-19(17-22)24-20/h13-15,17H,7-12,16H2,1-6H3/b18-13+. The molecule has 0 spiro atoms. The Bertz CT molecular complexity index is 546. The normalized spacial score (nSPS) is 13.3. The zero-order chi connectivity index (χ0) is 18.9. The molecule has 0 fully saturated rings. The molecular formula is C21H36O2SSi. The third kappa shape index (κ3) is 5.90. The first-order chi connectivity index (χ1) is 11.9. The topological polar surface area (TPSA) is 26.3 Å². The first-order valence-electron chi connectivity index (χ1n) is 9.86. The zero-order valence-electron chi connectivity index (χ0n) is 17.0. The highest BCUT2D eigenvalue weighted by molar-refractivity contribution is 7.14. The second-order valence-corrected chi connectivity index (χ2v) is 12.8. The molecule has 2 nitrogen and oxygen atoms in total. The molecule has 0 amide bonds. The molecule has 0 bridgehead atoms. The molecule has 0 N–H and O–H groups in total. The maximum absolute atomic E-state index is 10.9. The van der Waals surface area contributed by atoms with E-state index < -0.39 is 8.32 Å². The van der Waals surface area contributed by atoms with Crippen molar-refractivity contribution in [2.45, 2.75) is 91.0 Å². The molecule has 0 saturated heterocycles. The number of aldehydes is 1. The Morgan fingerprint density at radius 1 is 1.12 bits per heavy atom. The van der Waals surface area contributed by atoms with Gasteiger partial charge in [0.1, 0.15) is 0 Å². The summed E-state index contributed by atoms with van der Waals surface area (Å²) in [4.78, 5) is 12.9. The molecule has 25 heavy (non-hydrogen) atoms. The van der Waals surface area contributed by atoms with Gasteiger partial charge in [-0.05, 0) is 68.4 Å². The molecule has 1 aromatic rings. The van der Waals surface area contributed by atoms with Gasteiger partial charge in [0, 0.05) is 4.88 Å². The number of carbonyl (C=O) groups is 1. The van der Waals surface area contributed by atoms with Gasteiger partial charge in [0.25, 0.3) is 0 Å². The predicted octanol–water partition coefficient (Wildman–Crippen LogP) is 7.32. The third-order valence-electron chi connectivity index (χ3n) is 5.84. The van der Waals surface area contributed by atoms with Crippen LogP contribution >= 0.6 is 11.3 Å². The van der Waals surface area contributed by atoms with Crippen LogP contribution in [-0.4, -0.2) is 20.2 Å². The molecular weight excluding hydrogens is 344 g/mol. The molecule has 1 aromatic heterocycles. The summed E-state index contributed by atoms with van der Waals surface area (Å²) >= 11 is 1.57. The zero-order valence-corrected chi connectivity index (χ0v) is 18.8. The average Bonchev–Trinajstić information content (AvgIpc) is 3.14. The molecule has 0 aliphatic heterocycles. The largest absolute Gasteiger partial charge is 0.411 e. The highest BCUT2D eigenvalue weighted by atomic mass is 32.1. The lowest BCUT2D eigenvalue weighted by Crippen LogP contribution is -2.46. The van der Waals surface area contributed by atoms with E-state index in [4.69, 9.17) is 4.43 Å². The number of rotatable bonds is 12. The number of allylic oxidation sites excluding steroid dienone is 2. The van der Waals surface area contributed by atoms with Gasteiger partial charge in [0.15, 0.2) is 14.6 Å². The van der Waals surface area contributed by atoms with Crippen LogP contribution in [0.2, 0.25) is 18.1 Å². The molecule has 0 unspecified atom stereocenters. The summed E-state index contributed by atoms with van der Waals surface area (Å²) in [5.41, 5.74) is 1.29. The Labute approximate surface area is 159 Å². The molecule has 4 heteroatoms. The van der Waals surface area contributed by atoms with E-state index in [1.807, 2.05) is 12.1 Å². The van der Waals surface area contributed by atoms with Crippen LogP contribution in [0.25, 0.3) is 5.57 Å². The van der Waals surface area contributed by atoms with Crippen molar-refractivity contribution in [3.63, 3.8) is 0 Å². The van der Waals surface area contributed by atoms with Crippen molar-refractivity contribution < 1.29 is 9.22 Å². The van der Waals surface area contributed by atoms with E-state index in [2.05, 4.69) is 47.6 Å². The third-order valence-corrected chi connectivity index (χ3v) is 11.7. The summed E-state index contributed by atoms with van der Waals surface area (Å²) in [7, 11) is -1.59. The van der Waals surface area contributed by atoms with Gasteiger partial charge in [-0.3, -0.25) is 4.79 Å². The van der Waals surface area contributed by atoms with Crippen LogP contribution in [0.3, 0.4) is 0 Å². The Kier molecular flexibility index (Phi) is 9.32. The fourth-order valence-electron chi connectivity index (χ4n) is 3.51.